The van der Waals surface area contributed by atoms with Gasteiger partial charge in [0.05, 0.1) is 5.69 Å². The lowest BCUT2D eigenvalue weighted by molar-refractivity contribution is -0.122. The highest BCUT2D eigenvalue weighted by Crippen LogP contribution is 2.25. The van der Waals surface area contributed by atoms with E-state index in [1.54, 1.807) is 6.07 Å². The summed E-state index contributed by atoms with van der Waals surface area (Å²) in [6.45, 7) is 0. The molecule has 132 valence electrons. The molecule has 2 amide bonds. The molecule has 1 aliphatic carbocycles. The molecule has 25 heavy (non-hydrogen) atoms. The molecule has 2 N–H and O–H groups in total. The number of nitrogens with zero attached hydrogens (tertiary/aromatic N) is 2. The predicted molar refractivity (Wildman–Crippen MR) is 100 cm³/mol. The van der Waals surface area contributed by atoms with Crippen LogP contribution in [-0.4, -0.2) is 27.9 Å². The Hall–Kier alpha value is -1.74. The van der Waals surface area contributed by atoms with E-state index in [1.165, 1.54) is 23.9 Å². The molecule has 0 bridgehead atoms. The summed E-state index contributed by atoms with van der Waals surface area (Å²) in [5.74, 6) is -1.26. The monoisotopic (exact) mass is 426 g/mol. The molecule has 3 rings (SSSR count). The molecule has 2 aliphatic rings. The first-order valence-electron chi connectivity index (χ1n) is 7.87. The van der Waals surface area contributed by atoms with Gasteiger partial charge in [-0.05, 0) is 43.9 Å². The van der Waals surface area contributed by atoms with Gasteiger partial charge in [0.1, 0.15) is 11.1 Å². The van der Waals surface area contributed by atoms with Crippen LogP contribution in [0.4, 0.5) is 10.1 Å². The molecule has 0 aromatic heterocycles. The van der Waals surface area contributed by atoms with Gasteiger partial charge in [-0.15, -0.1) is 5.10 Å². The largest absolute Gasteiger partial charge is 0.324 e. The molecule has 0 spiro atoms. The van der Waals surface area contributed by atoms with Crippen LogP contribution in [0.15, 0.2) is 32.9 Å². The second kappa shape index (κ2) is 8.09. The molecule has 1 aromatic rings. The van der Waals surface area contributed by atoms with Crippen LogP contribution in [-0.2, 0) is 9.59 Å². The number of amidine groups is 1. The molecule has 1 atom stereocenters. The molecule has 0 radical (unpaired) electrons. The second-order valence-electron chi connectivity index (χ2n) is 5.75. The minimum atomic E-state index is -0.596. The van der Waals surface area contributed by atoms with Crippen molar-refractivity contribution in [2.45, 2.75) is 37.4 Å². The number of thioether (sulfide) groups is 1. The summed E-state index contributed by atoms with van der Waals surface area (Å²) in [5.41, 5.74) is 1.12. The molecule has 1 unspecified atom stereocenters. The number of halogens is 2. The van der Waals surface area contributed by atoms with Gasteiger partial charge >= 0.3 is 0 Å². The highest BCUT2D eigenvalue weighted by atomic mass is 79.9. The van der Waals surface area contributed by atoms with E-state index in [1.807, 2.05) is 0 Å². The zero-order chi connectivity index (χ0) is 17.8. The number of benzene rings is 1. The van der Waals surface area contributed by atoms with E-state index in [9.17, 15) is 14.0 Å². The molecule has 1 saturated heterocycles. The van der Waals surface area contributed by atoms with Crippen molar-refractivity contribution in [3.05, 3.63) is 28.5 Å². The summed E-state index contributed by atoms with van der Waals surface area (Å²) in [7, 11) is 0. The first kappa shape index (κ1) is 18.1. The Morgan fingerprint density at radius 2 is 2.12 bits per heavy atom. The number of nitrogens with one attached hydrogen (secondary N) is 2. The first-order valence-corrected chi connectivity index (χ1v) is 9.54. The zero-order valence-electron chi connectivity index (χ0n) is 13.2. The van der Waals surface area contributed by atoms with Gasteiger partial charge in [-0.3, -0.25) is 9.59 Å². The van der Waals surface area contributed by atoms with E-state index < -0.39 is 17.0 Å². The van der Waals surface area contributed by atoms with Crippen molar-refractivity contribution < 1.29 is 14.0 Å². The van der Waals surface area contributed by atoms with Crippen molar-refractivity contribution in [2.75, 3.05) is 5.32 Å². The van der Waals surface area contributed by atoms with Gasteiger partial charge in [-0.1, -0.05) is 27.7 Å². The maximum Gasteiger partial charge on any atom is 0.240 e. The van der Waals surface area contributed by atoms with Crippen LogP contribution in [0.1, 0.15) is 32.1 Å². The van der Waals surface area contributed by atoms with Gasteiger partial charge in [-0.2, -0.15) is 5.10 Å². The fourth-order valence-electron chi connectivity index (χ4n) is 2.55. The van der Waals surface area contributed by atoms with Crippen LogP contribution >= 0.6 is 27.7 Å². The predicted octanol–water partition coefficient (Wildman–Crippen LogP) is 3.43. The van der Waals surface area contributed by atoms with Crippen LogP contribution < -0.4 is 10.6 Å². The summed E-state index contributed by atoms with van der Waals surface area (Å²) >= 11 is 4.32. The lowest BCUT2D eigenvalue weighted by atomic mass is 10.2. The van der Waals surface area contributed by atoms with Gasteiger partial charge in [0.25, 0.3) is 0 Å². The van der Waals surface area contributed by atoms with Crippen molar-refractivity contribution in [1.82, 2.24) is 5.32 Å². The van der Waals surface area contributed by atoms with Crippen LogP contribution in [0, 0.1) is 5.82 Å². The van der Waals surface area contributed by atoms with Gasteiger partial charge < -0.3 is 10.6 Å². The molecular weight excluding hydrogens is 411 g/mol. The molecule has 1 saturated carbocycles. The third-order valence-electron chi connectivity index (χ3n) is 3.82. The van der Waals surface area contributed by atoms with Gasteiger partial charge in [0.2, 0.25) is 11.8 Å². The SMILES string of the molecule is O=C(CC1SC(=NN=C2CCCC2)NC1=O)Nc1ccc(Br)cc1F. The molecule has 1 aromatic carbocycles. The van der Waals surface area contributed by atoms with Crippen molar-refractivity contribution in [3.8, 4) is 0 Å². The van der Waals surface area contributed by atoms with Crippen molar-refractivity contribution >= 4 is 56.1 Å². The Kier molecular flexibility index (Phi) is 5.85. The fraction of sp³-hybridized carbons (Fsp3) is 0.375. The smallest absolute Gasteiger partial charge is 0.240 e. The van der Waals surface area contributed by atoms with Crippen molar-refractivity contribution in [2.24, 2.45) is 10.2 Å². The highest BCUT2D eigenvalue weighted by molar-refractivity contribution is 9.10. The Morgan fingerprint density at radius 1 is 1.36 bits per heavy atom. The van der Waals surface area contributed by atoms with Crippen molar-refractivity contribution in [3.63, 3.8) is 0 Å². The third-order valence-corrected chi connectivity index (χ3v) is 5.38. The first-order chi connectivity index (χ1) is 12.0. The minimum Gasteiger partial charge on any atom is -0.324 e. The number of carbonyl (C=O) groups excluding carboxylic acids is 2. The van der Waals surface area contributed by atoms with Crippen LogP contribution in [0.3, 0.4) is 0 Å². The van der Waals surface area contributed by atoms with Crippen LogP contribution in [0.2, 0.25) is 0 Å². The fourth-order valence-corrected chi connectivity index (χ4v) is 3.80. The second-order valence-corrected chi connectivity index (χ2v) is 7.86. The number of anilines is 1. The standard InChI is InChI=1S/C16H16BrFN4O2S/c17-9-5-6-12(11(18)7-9)19-14(23)8-13-15(24)20-16(25-13)22-21-10-3-1-2-4-10/h5-7,13H,1-4,8H2,(H,19,23)(H,20,22,24). The number of hydrogen-bond donors (Lipinski definition) is 2. The molecule has 1 heterocycles. The molecule has 6 nitrogen and oxygen atoms in total. The van der Waals surface area contributed by atoms with E-state index in [-0.39, 0.29) is 18.0 Å². The average Bonchev–Trinajstić information content (AvgIpc) is 3.18. The van der Waals surface area contributed by atoms with Gasteiger partial charge in [0.15, 0.2) is 5.17 Å². The average molecular weight is 427 g/mol. The van der Waals surface area contributed by atoms with E-state index >= 15 is 0 Å². The van der Waals surface area contributed by atoms with Crippen molar-refractivity contribution in [1.29, 1.82) is 0 Å². The molecular formula is C16H16BrFN4O2S. The summed E-state index contributed by atoms with van der Waals surface area (Å²) in [6, 6.07) is 4.35. The normalized spacial score (nSPS) is 21.5. The van der Waals surface area contributed by atoms with E-state index in [0.29, 0.717) is 9.64 Å². The summed E-state index contributed by atoms with van der Waals surface area (Å²) in [4.78, 5) is 24.0. The number of hydrogen-bond acceptors (Lipinski definition) is 5. The molecule has 9 heteroatoms. The summed E-state index contributed by atoms with van der Waals surface area (Å²) in [6.07, 6.45) is 4.07. The topological polar surface area (TPSA) is 82.9 Å². The Labute approximate surface area is 156 Å². The molecule has 1 aliphatic heterocycles. The highest BCUT2D eigenvalue weighted by Gasteiger charge is 2.32. The minimum absolute atomic E-state index is 0.0679. The Balaban J connectivity index is 1.57. The quantitative estimate of drug-likeness (QED) is 0.723. The Bertz CT molecular complexity index is 761. The Morgan fingerprint density at radius 3 is 2.84 bits per heavy atom. The lowest BCUT2D eigenvalue weighted by Crippen LogP contribution is -2.28. The third kappa shape index (κ3) is 4.88. The van der Waals surface area contributed by atoms with Crippen LogP contribution in [0.5, 0.6) is 0 Å². The summed E-state index contributed by atoms with van der Waals surface area (Å²) in [5, 5.41) is 13.1. The summed E-state index contributed by atoms with van der Waals surface area (Å²) < 4.78 is 14.3. The van der Waals surface area contributed by atoms with Crippen LogP contribution in [0.25, 0.3) is 0 Å². The molecule has 2 fully saturated rings. The number of rotatable bonds is 4. The number of carbonyl (C=O) groups is 2. The maximum atomic E-state index is 13.7. The van der Waals surface area contributed by atoms with Gasteiger partial charge in [-0.25, -0.2) is 4.39 Å². The van der Waals surface area contributed by atoms with E-state index in [4.69, 9.17) is 0 Å². The number of amides is 2. The lowest BCUT2D eigenvalue weighted by Gasteiger charge is -2.08. The van der Waals surface area contributed by atoms with Gasteiger partial charge in [0, 0.05) is 16.6 Å². The van der Waals surface area contributed by atoms with E-state index in [0.717, 1.165) is 31.4 Å². The van der Waals surface area contributed by atoms with E-state index in [2.05, 4.69) is 36.8 Å². The maximum absolute atomic E-state index is 13.7. The zero-order valence-corrected chi connectivity index (χ0v) is 15.6.